The van der Waals surface area contributed by atoms with E-state index in [1.165, 1.54) is 83.5 Å². The summed E-state index contributed by atoms with van der Waals surface area (Å²) in [6, 6.07) is 0. The molecule has 130 valence electrons. The molecular formula is C18H40O3. The lowest BCUT2D eigenvalue weighted by Gasteiger charge is -2.02. The van der Waals surface area contributed by atoms with Crippen LogP contribution in [0, 0.1) is 0 Å². The summed E-state index contributed by atoms with van der Waals surface area (Å²) >= 11 is 0. The largest absolute Gasteiger partial charge is 0.396 e. The number of hydrogen-bond acceptors (Lipinski definition) is 3. The molecule has 3 nitrogen and oxygen atoms in total. The fourth-order valence-electron chi connectivity index (χ4n) is 2.31. The van der Waals surface area contributed by atoms with Crippen LogP contribution in [0.25, 0.3) is 0 Å². The van der Waals surface area contributed by atoms with Crippen LogP contribution in [-0.4, -0.2) is 35.1 Å². The van der Waals surface area contributed by atoms with Gasteiger partial charge < -0.3 is 15.3 Å². The highest BCUT2D eigenvalue weighted by molar-refractivity contribution is 4.48. The third kappa shape index (κ3) is 28.7. The van der Waals surface area contributed by atoms with Gasteiger partial charge in [0.2, 0.25) is 0 Å². The predicted molar refractivity (Wildman–Crippen MR) is 91.6 cm³/mol. The monoisotopic (exact) mass is 304 g/mol. The van der Waals surface area contributed by atoms with Gasteiger partial charge in [0.1, 0.15) is 0 Å². The number of aliphatic hydroxyl groups excluding tert-OH is 3. The summed E-state index contributed by atoms with van der Waals surface area (Å²) in [6.45, 7) is 2.40. The Morgan fingerprint density at radius 1 is 0.381 bits per heavy atom. The quantitative estimate of drug-likeness (QED) is 0.392. The molecule has 0 saturated heterocycles. The third-order valence-corrected chi connectivity index (χ3v) is 3.61. The van der Waals surface area contributed by atoms with Crippen molar-refractivity contribution in [2.24, 2.45) is 0 Å². The molecule has 0 amide bonds. The van der Waals surface area contributed by atoms with Crippen molar-refractivity contribution in [3.63, 3.8) is 0 Å². The van der Waals surface area contributed by atoms with Gasteiger partial charge in [-0.15, -0.1) is 0 Å². The molecule has 0 rings (SSSR count). The van der Waals surface area contributed by atoms with Gasteiger partial charge in [-0.05, 0) is 6.42 Å². The second kappa shape index (κ2) is 24.9. The Balaban J connectivity index is 0. The first-order valence-electron chi connectivity index (χ1n) is 9.16. The van der Waals surface area contributed by atoms with Crippen LogP contribution in [0.1, 0.15) is 96.8 Å². The van der Waals surface area contributed by atoms with E-state index in [0.29, 0.717) is 6.61 Å². The topological polar surface area (TPSA) is 60.7 Å². The molecule has 0 saturated carbocycles. The standard InChI is InChI=1S/C16H34O.C2H6O2/c1-2-3-4-5-6-7-8-9-10-11-12-13-14-15-16-17;3-1-2-4/h17H,2-16H2,1H3;3-4H,1-2H2. The van der Waals surface area contributed by atoms with E-state index in [1.54, 1.807) is 0 Å². The Labute approximate surface area is 132 Å². The molecule has 0 radical (unpaired) electrons. The number of aliphatic hydroxyl groups is 3. The van der Waals surface area contributed by atoms with E-state index >= 15 is 0 Å². The van der Waals surface area contributed by atoms with E-state index in [-0.39, 0.29) is 13.2 Å². The maximum atomic E-state index is 8.64. The molecule has 0 aromatic rings. The highest BCUT2D eigenvalue weighted by atomic mass is 16.3. The van der Waals surface area contributed by atoms with Gasteiger partial charge in [-0.1, -0.05) is 90.4 Å². The molecule has 0 fully saturated rings. The minimum atomic E-state index is -0.125. The average molecular weight is 305 g/mol. The van der Waals surface area contributed by atoms with Crippen LogP contribution in [0.15, 0.2) is 0 Å². The first-order chi connectivity index (χ1) is 10.3. The first kappa shape index (κ1) is 23.2. The highest BCUT2D eigenvalue weighted by Crippen LogP contribution is 2.12. The number of rotatable bonds is 15. The molecule has 0 heterocycles. The maximum Gasteiger partial charge on any atom is 0.0662 e. The van der Waals surface area contributed by atoms with Crippen LogP contribution < -0.4 is 0 Å². The van der Waals surface area contributed by atoms with Crippen molar-refractivity contribution in [1.29, 1.82) is 0 Å². The summed E-state index contributed by atoms with van der Waals surface area (Å²) in [4.78, 5) is 0. The van der Waals surface area contributed by atoms with Crippen molar-refractivity contribution in [2.45, 2.75) is 96.8 Å². The van der Waals surface area contributed by atoms with E-state index in [2.05, 4.69) is 6.92 Å². The second-order valence-electron chi connectivity index (χ2n) is 5.77. The minimum absolute atomic E-state index is 0.125. The lowest BCUT2D eigenvalue weighted by atomic mass is 10.0. The normalized spacial score (nSPS) is 10.3. The zero-order valence-corrected chi connectivity index (χ0v) is 14.4. The SMILES string of the molecule is CCCCCCCCCCCCCCCCO.OCCO. The van der Waals surface area contributed by atoms with Gasteiger partial charge in [0.25, 0.3) is 0 Å². The Morgan fingerprint density at radius 2 is 0.667 bits per heavy atom. The van der Waals surface area contributed by atoms with Gasteiger partial charge in [0, 0.05) is 6.61 Å². The van der Waals surface area contributed by atoms with Crippen molar-refractivity contribution in [2.75, 3.05) is 19.8 Å². The van der Waals surface area contributed by atoms with Crippen molar-refractivity contribution < 1.29 is 15.3 Å². The molecule has 0 aromatic heterocycles. The summed E-state index contributed by atoms with van der Waals surface area (Å²) < 4.78 is 0. The Morgan fingerprint density at radius 3 is 0.905 bits per heavy atom. The van der Waals surface area contributed by atoms with Crippen LogP contribution in [-0.2, 0) is 0 Å². The summed E-state index contributed by atoms with van der Waals surface area (Å²) in [7, 11) is 0. The lowest BCUT2D eigenvalue weighted by Crippen LogP contribution is -1.85. The van der Waals surface area contributed by atoms with E-state index < -0.39 is 0 Å². The van der Waals surface area contributed by atoms with E-state index in [0.717, 1.165) is 6.42 Å². The van der Waals surface area contributed by atoms with Gasteiger partial charge in [-0.2, -0.15) is 0 Å². The fraction of sp³-hybridized carbons (Fsp3) is 1.00. The molecule has 0 unspecified atom stereocenters. The zero-order chi connectivity index (χ0) is 16.0. The number of unbranched alkanes of at least 4 members (excludes halogenated alkanes) is 13. The first-order valence-corrected chi connectivity index (χ1v) is 9.16. The van der Waals surface area contributed by atoms with E-state index in [4.69, 9.17) is 15.3 Å². The molecule has 0 spiro atoms. The van der Waals surface area contributed by atoms with E-state index in [1.807, 2.05) is 0 Å². The minimum Gasteiger partial charge on any atom is -0.396 e. The highest BCUT2D eigenvalue weighted by Gasteiger charge is 1.93. The molecular weight excluding hydrogens is 264 g/mol. The van der Waals surface area contributed by atoms with Gasteiger partial charge in [-0.25, -0.2) is 0 Å². The van der Waals surface area contributed by atoms with Crippen LogP contribution >= 0.6 is 0 Å². The van der Waals surface area contributed by atoms with Crippen molar-refractivity contribution >= 4 is 0 Å². The Bertz CT molecular complexity index is 135. The fourth-order valence-corrected chi connectivity index (χ4v) is 2.31. The Kier molecular flexibility index (Phi) is 27.4. The summed E-state index contributed by atoms with van der Waals surface area (Å²) in [5, 5.41) is 23.9. The molecule has 3 N–H and O–H groups in total. The summed E-state index contributed by atoms with van der Waals surface area (Å²) in [6.07, 6.45) is 19.2. The van der Waals surface area contributed by atoms with Crippen molar-refractivity contribution in [3.8, 4) is 0 Å². The molecule has 0 aliphatic rings. The zero-order valence-electron chi connectivity index (χ0n) is 14.4. The molecule has 3 heteroatoms. The Hall–Kier alpha value is -0.120. The second-order valence-corrected chi connectivity index (χ2v) is 5.77. The average Bonchev–Trinajstić information content (AvgIpc) is 2.52. The lowest BCUT2D eigenvalue weighted by molar-refractivity contribution is 0.186. The molecule has 21 heavy (non-hydrogen) atoms. The third-order valence-electron chi connectivity index (χ3n) is 3.61. The van der Waals surface area contributed by atoms with Gasteiger partial charge in [-0.3, -0.25) is 0 Å². The van der Waals surface area contributed by atoms with Crippen molar-refractivity contribution in [1.82, 2.24) is 0 Å². The molecule has 0 aliphatic carbocycles. The molecule has 0 bridgehead atoms. The van der Waals surface area contributed by atoms with Crippen LogP contribution in [0.4, 0.5) is 0 Å². The van der Waals surface area contributed by atoms with Crippen LogP contribution in [0.2, 0.25) is 0 Å². The summed E-state index contributed by atoms with van der Waals surface area (Å²) in [5.41, 5.74) is 0. The molecule has 0 atom stereocenters. The van der Waals surface area contributed by atoms with Crippen LogP contribution in [0.3, 0.4) is 0 Å². The predicted octanol–water partition coefficient (Wildman–Crippen LogP) is 4.43. The molecule has 0 aliphatic heterocycles. The van der Waals surface area contributed by atoms with Gasteiger partial charge in [0.05, 0.1) is 13.2 Å². The van der Waals surface area contributed by atoms with Gasteiger partial charge in [0.15, 0.2) is 0 Å². The smallest absolute Gasteiger partial charge is 0.0662 e. The molecule has 0 aromatic carbocycles. The van der Waals surface area contributed by atoms with Crippen LogP contribution in [0.5, 0.6) is 0 Å². The number of hydrogen-bond donors (Lipinski definition) is 3. The van der Waals surface area contributed by atoms with E-state index in [9.17, 15) is 0 Å². The van der Waals surface area contributed by atoms with Gasteiger partial charge >= 0.3 is 0 Å². The summed E-state index contributed by atoms with van der Waals surface area (Å²) in [5.74, 6) is 0. The maximum absolute atomic E-state index is 8.64. The van der Waals surface area contributed by atoms with Crippen molar-refractivity contribution in [3.05, 3.63) is 0 Å².